The summed E-state index contributed by atoms with van der Waals surface area (Å²) in [6, 6.07) is 2.60. The molecule has 0 radical (unpaired) electrons. The Labute approximate surface area is 118 Å². The second-order valence-electron chi connectivity index (χ2n) is 3.83. The Balaban J connectivity index is 0.00000162. The van der Waals surface area contributed by atoms with Gasteiger partial charge in [0.05, 0.1) is 9.40 Å². The van der Waals surface area contributed by atoms with Crippen LogP contribution in [0.25, 0.3) is 0 Å². The number of nitro benzene ring substituents is 1. The van der Waals surface area contributed by atoms with E-state index in [1.807, 2.05) is 0 Å². The van der Waals surface area contributed by atoms with Gasteiger partial charge in [-0.25, -0.2) is 0 Å². The van der Waals surface area contributed by atoms with Gasteiger partial charge >= 0.3 is 0 Å². The summed E-state index contributed by atoms with van der Waals surface area (Å²) in [4.78, 5) is 10.3. The van der Waals surface area contributed by atoms with E-state index in [1.54, 1.807) is 0 Å². The fourth-order valence-electron chi connectivity index (χ4n) is 1.85. The normalized spacial score (nSPS) is 19.1. The number of non-ortho nitro benzene ring substituents is 1. The van der Waals surface area contributed by atoms with Crippen LogP contribution in [0, 0.1) is 10.1 Å². The molecule has 1 atom stereocenters. The maximum atomic E-state index is 10.8. The Morgan fingerprint density at radius 2 is 2.17 bits per heavy atom. The SMILES string of the molecule is Cl.O=[N+]([O-])c1cc(Br)c(O)c([C@@H]2CNCCN2)c1. The molecule has 0 amide bonds. The molecule has 0 bridgehead atoms. The number of hydrogen-bond donors (Lipinski definition) is 3. The van der Waals surface area contributed by atoms with Gasteiger partial charge < -0.3 is 15.7 Å². The summed E-state index contributed by atoms with van der Waals surface area (Å²) in [5.74, 6) is 0.0526. The lowest BCUT2D eigenvalue weighted by molar-refractivity contribution is -0.385. The van der Waals surface area contributed by atoms with E-state index in [0.717, 1.165) is 13.1 Å². The van der Waals surface area contributed by atoms with Crippen molar-refractivity contribution in [3.63, 3.8) is 0 Å². The number of phenolic OH excluding ortho intramolecular Hbond substituents is 1. The van der Waals surface area contributed by atoms with E-state index >= 15 is 0 Å². The van der Waals surface area contributed by atoms with Crippen LogP contribution in [0.4, 0.5) is 5.69 Å². The first-order valence-electron chi connectivity index (χ1n) is 5.20. The van der Waals surface area contributed by atoms with Crippen LogP contribution < -0.4 is 10.6 Å². The van der Waals surface area contributed by atoms with Gasteiger partial charge in [-0.1, -0.05) is 0 Å². The number of nitrogens with zero attached hydrogens (tertiary/aromatic N) is 1. The monoisotopic (exact) mass is 337 g/mol. The van der Waals surface area contributed by atoms with E-state index in [1.165, 1.54) is 12.1 Å². The topological polar surface area (TPSA) is 87.4 Å². The Hall–Kier alpha value is -0.890. The molecule has 0 aliphatic carbocycles. The molecule has 1 fully saturated rings. The number of piperazine rings is 1. The first-order valence-corrected chi connectivity index (χ1v) is 6.00. The molecule has 0 saturated carbocycles. The molecule has 0 aromatic heterocycles. The predicted octanol–water partition coefficient (Wildman–Crippen LogP) is 1.72. The third-order valence-electron chi connectivity index (χ3n) is 2.70. The number of aromatic hydroxyl groups is 1. The molecule has 3 N–H and O–H groups in total. The fourth-order valence-corrected chi connectivity index (χ4v) is 2.31. The van der Waals surface area contributed by atoms with Crippen LogP contribution in [0.1, 0.15) is 11.6 Å². The average molecular weight is 339 g/mol. The minimum absolute atomic E-state index is 0. The molecule has 0 spiro atoms. The maximum absolute atomic E-state index is 10.8. The van der Waals surface area contributed by atoms with Gasteiger partial charge in [0.15, 0.2) is 0 Å². The van der Waals surface area contributed by atoms with Gasteiger partial charge in [0, 0.05) is 43.4 Å². The largest absolute Gasteiger partial charge is 0.506 e. The zero-order valence-corrected chi connectivity index (χ0v) is 11.8. The molecule has 1 saturated heterocycles. The summed E-state index contributed by atoms with van der Waals surface area (Å²) < 4.78 is 0.342. The molecule has 1 aliphatic heterocycles. The Kier molecular flexibility index (Phi) is 5.33. The van der Waals surface area contributed by atoms with Crippen LogP contribution in [0.2, 0.25) is 0 Å². The minimum atomic E-state index is -0.468. The number of halogens is 2. The van der Waals surface area contributed by atoms with Crippen molar-refractivity contribution in [3.8, 4) is 5.75 Å². The van der Waals surface area contributed by atoms with E-state index in [4.69, 9.17) is 0 Å². The third kappa shape index (κ3) is 3.11. The van der Waals surface area contributed by atoms with Gasteiger partial charge in [-0.3, -0.25) is 10.1 Å². The van der Waals surface area contributed by atoms with Crippen molar-refractivity contribution in [2.24, 2.45) is 0 Å². The lowest BCUT2D eigenvalue weighted by atomic mass is 10.0. The summed E-state index contributed by atoms with van der Waals surface area (Å²) in [5.41, 5.74) is 0.510. The lowest BCUT2D eigenvalue weighted by Crippen LogP contribution is -2.42. The summed E-state index contributed by atoms with van der Waals surface area (Å²) >= 11 is 3.13. The smallest absolute Gasteiger partial charge is 0.271 e. The molecule has 1 heterocycles. The van der Waals surface area contributed by atoms with Crippen molar-refractivity contribution in [1.29, 1.82) is 0 Å². The second kappa shape index (κ2) is 6.33. The van der Waals surface area contributed by atoms with Gasteiger partial charge in [-0.2, -0.15) is 0 Å². The van der Waals surface area contributed by atoms with Crippen LogP contribution in [0.3, 0.4) is 0 Å². The highest BCUT2D eigenvalue weighted by molar-refractivity contribution is 9.10. The summed E-state index contributed by atoms with van der Waals surface area (Å²) in [5, 5.41) is 27.1. The molecule has 1 aliphatic rings. The van der Waals surface area contributed by atoms with Crippen LogP contribution in [-0.4, -0.2) is 29.7 Å². The van der Waals surface area contributed by atoms with Crippen molar-refractivity contribution in [2.75, 3.05) is 19.6 Å². The minimum Gasteiger partial charge on any atom is -0.506 e. The Bertz CT molecular complexity index is 452. The van der Waals surface area contributed by atoms with E-state index in [0.29, 0.717) is 16.6 Å². The molecule has 1 aromatic carbocycles. The van der Waals surface area contributed by atoms with Crippen molar-refractivity contribution < 1.29 is 10.0 Å². The van der Waals surface area contributed by atoms with Crippen molar-refractivity contribution >= 4 is 34.0 Å². The highest BCUT2D eigenvalue weighted by Crippen LogP contribution is 2.36. The third-order valence-corrected chi connectivity index (χ3v) is 3.31. The fraction of sp³-hybridized carbons (Fsp3) is 0.400. The van der Waals surface area contributed by atoms with Gasteiger partial charge in [-0.05, 0) is 15.9 Å². The number of nitro groups is 1. The standard InChI is InChI=1S/C10H12BrN3O3.ClH/c11-8-4-6(14(16)17)3-7(10(8)15)9-5-12-1-2-13-9;/h3-4,9,12-13,15H,1-2,5H2;1H/t9-;/m0./s1. The first-order chi connectivity index (χ1) is 8.09. The summed E-state index contributed by atoms with van der Waals surface area (Å²) in [6.45, 7) is 2.26. The van der Waals surface area contributed by atoms with Crippen LogP contribution >= 0.6 is 28.3 Å². The van der Waals surface area contributed by atoms with Gasteiger partial charge in [0.1, 0.15) is 5.75 Å². The molecular weight excluding hydrogens is 325 g/mol. The number of benzene rings is 1. The second-order valence-corrected chi connectivity index (χ2v) is 4.69. The van der Waals surface area contributed by atoms with E-state index in [9.17, 15) is 15.2 Å². The zero-order valence-electron chi connectivity index (χ0n) is 9.35. The predicted molar refractivity (Wildman–Crippen MR) is 73.3 cm³/mol. The number of hydrogen-bond acceptors (Lipinski definition) is 5. The Morgan fingerprint density at radius 1 is 1.44 bits per heavy atom. The maximum Gasteiger partial charge on any atom is 0.271 e. The molecule has 6 nitrogen and oxygen atoms in total. The van der Waals surface area contributed by atoms with Gasteiger partial charge in [0.25, 0.3) is 5.69 Å². The average Bonchev–Trinajstić information content (AvgIpc) is 2.33. The summed E-state index contributed by atoms with van der Waals surface area (Å²) in [6.07, 6.45) is 0. The highest BCUT2D eigenvalue weighted by atomic mass is 79.9. The molecule has 18 heavy (non-hydrogen) atoms. The van der Waals surface area contributed by atoms with Gasteiger partial charge in [-0.15, -0.1) is 12.4 Å². The lowest BCUT2D eigenvalue weighted by Gasteiger charge is -2.25. The van der Waals surface area contributed by atoms with Crippen LogP contribution in [-0.2, 0) is 0 Å². The van der Waals surface area contributed by atoms with Gasteiger partial charge in [0.2, 0.25) is 0 Å². The van der Waals surface area contributed by atoms with Crippen molar-refractivity contribution in [1.82, 2.24) is 10.6 Å². The highest BCUT2D eigenvalue weighted by Gasteiger charge is 2.22. The van der Waals surface area contributed by atoms with E-state index < -0.39 is 4.92 Å². The molecule has 100 valence electrons. The molecular formula is C10H13BrClN3O3. The van der Waals surface area contributed by atoms with Crippen LogP contribution in [0.15, 0.2) is 16.6 Å². The zero-order chi connectivity index (χ0) is 12.4. The number of rotatable bonds is 2. The van der Waals surface area contributed by atoms with E-state index in [-0.39, 0.29) is 29.9 Å². The molecule has 2 rings (SSSR count). The number of nitrogens with one attached hydrogen (secondary N) is 2. The Morgan fingerprint density at radius 3 is 2.72 bits per heavy atom. The molecule has 8 heteroatoms. The molecule has 1 aromatic rings. The number of phenols is 1. The van der Waals surface area contributed by atoms with E-state index in [2.05, 4.69) is 26.6 Å². The van der Waals surface area contributed by atoms with Crippen LogP contribution in [0.5, 0.6) is 5.75 Å². The first kappa shape index (κ1) is 15.2. The summed E-state index contributed by atoms with van der Waals surface area (Å²) in [7, 11) is 0. The van der Waals surface area contributed by atoms with Crippen molar-refractivity contribution in [2.45, 2.75) is 6.04 Å². The molecule has 0 unspecified atom stereocenters. The quantitative estimate of drug-likeness (QED) is 0.564. The van der Waals surface area contributed by atoms with Crippen molar-refractivity contribution in [3.05, 3.63) is 32.3 Å².